The Balaban J connectivity index is 1.69. The fourth-order valence-corrected chi connectivity index (χ4v) is 4.45. The Kier molecular flexibility index (Phi) is 2.34. The minimum Gasteiger partial charge on any atom is -0.376 e. The highest BCUT2D eigenvalue weighted by molar-refractivity contribution is 9.10. The summed E-state index contributed by atoms with van der Waals surface area (Å²) < 4.78 is 1.17. The molecule has 2 N–H and O–H groups in total. The second kappa shape index (κ2) is 4.14. The largest absolute Gasteiger partial charge is 0.376 e. The van der Waals surface area contributed by atoms with Gasteiger partial charge in [-0.05, 0) is 48.2 Å². The number of rotatable bonds is 0. The van der Waals surface area contributed by atoms with Crippen LogP contribution in [-0.2, 0) is 6.42 Å². The first kappa shape index (κ1) is 11.9. The minimum atomic E-state index is 0.394. The molecule has 2 aliphatic rings. The molecule has 0 bridgehead atoms. The Morgan fingerprint density at radius 1 is 1.10 bits per heavy atom. The molecule has 0 saturated carbocycles. The van der Waals surface area contributed by atoms with Crippen molar-refractivity contribution in [3.8, 4) is 0 Å². The Morgan fingerprint density at radius 2 is 2.00 bits per heavy atom. The molecule has 3 aromatic rings. The van der Waals surface area contributed by atoms with E-state index < -0.39 is 0 Å². The number of nitrogens with one attached hydrogen (secondary N) is 2. The number of halogens is 1. The lowest BCUT2D eigenvalue weighted by Crippen LogP contribution is -2.19. The van der Waals surface area contributed by atoms with Crippen molar-refractivity contribution in [1.82, 2.24) is 4.98 Å². The van der Waals surface area contributed by atoms with E-state index in [1.165, 1.54) is 44.3 Å². The molecule has 2 nitrogen and oxygen atoms in total. The monoisotopic (exact) mass is 338 g/mol. The molecule has 0 amide bonds. The van der Waals surface area contributed by atoms with Gasteiger partial charge in [0.2, 0.25) is 0 Å². The highest BCUT2D eigenvalue weighted by Crippen LogP contribution is 2.51. The molecule has 0 radical (unpaired) electrons. The number of aromatic nitrogens is 1. The highest BCUT2D eigenvalue weighted by atomic mass is 79.9. The van der Waals surface area contributed by atoms with Crippen LogP contribution in [0.5, 0.6) is 0 Å². The Bertz CT molecular complexity index is 865. The van der Waals surface area contributed by atoms with Crippen LogP contribution in [0.15, 0.2) is 46.9 Å². The van der Waals surface area contributed by atoms with Crippen molar-refractivity contribution in [2.75, 3.05) is 5.32 Å². The van der Waals surface area contributed by atoms with Crippen molar-refractivity contribution >= 4 is 32.5 Å². The van der Waals surface area contributed by atoms with E-state index in [-0.39, 0.29) is 0 Å². The van der Waals surface area contributed by atoms with E-state index in [0.29, 0.717) is 12.0 Å². The molecule has 0 saturated heterocycles. The van der Waals surface area contributed by atoms with Gasteiger partial charge >= 0.3 is 0 Å². The number of H-pyrrole nitrogens is 1. The van der Waals surface area contributed by atoms with Gasteiger partial charge in [0, 0.05) is 32.7 Å². The molecule has 1 aliphatic carbocycles. The fourth-order valence-electron chi connectivity index (χ4n) is 4.07. The Morgan fingerprint density at radius 3 is 2.95 bits per heavy atom. The summed E-state index contributed by atoms with van der Waals surface area (Å²) in [5.41, 5.74) is 6.91. The quantitative estimate of drug-likeness (QED) is 0.584. The zero-order valence-corrected chi connectivity index (χ0v) is 13.1. The molecular formula is C18H15BrN2. The minimum absolute atomic E-state index is 0.394. The van der Waals surface area contributed by atoms with Crippen molar-refractivity contribution < 1.29 is 0 Å². The summed E-state index contributed by atoms with van der Waals surface area (Å²) in [5, 5.41) is 5.12. The maximum atomic E-state index is 3.73. The van der Waals surface area contributed by atoms with Gasteiger partial charge in [0.1, 0.15) is 0 Å². The smallest absolute Gasteiger partial charge is 0.0735 e. The summed E-state index contributed by atoms with van der Waals surface area (Å²) in [4.78, 5) is 3.66. The summed E-state index contributed by atoms with van der Waals surface area (Å²) in [5.74, 6) is 0.582. The maximum absolute atomic E-state index is 3.73. The molecule has 0 spiro atoms. The molecule has 1 aromatic heterocycles. The van der Waals surface area contributed by atoms with E-state index in [9.17, 15) is 0 Å². The maximum Gasteiger partial charge on any atom is 0.0735 e. The van der Waals surface area contributed by atoms with E-state index >= 15 is 0 Å². The normalized spacial score (nSPS) is 22.5. The fraction of sp³-hybridized carbons (Fsp3) is 0.222. The first-order valence-corrected chi connectivity index (χ1v) is 8.26. The zero-order chi connectivity index (χ0) is 14.0. The molecule has 5 rings (SSSR count). The third-order valence-electron chi connectivity index (χ3n) is 4.99. The number of benzene rings is 2. The second-order valence-electron chi connectivity index (χ2n) is 6.06. The van der Waals surface area contributed by atoms with Crippen LogP contribution in [-0.4, -0.2) is 4.98 Å². The standard InChI is InChI=1S/C18H15BrN2/c19-10-5-8-16-14(9-10)13-7-6-12-11-3-1-2-4-15(11)20-17(12)18(13)21-16/h1-5,8-9,13,18,20-21H,6-7H2. The van der Waals surface area contributed by atoms with Gasteiger partial charge in [-0.25, -0.2) is 0 Å². The van der Waals surface area contributed by atoms with Crippen molar-refractivity contribution in [2.45, 2.75) is 24.8 Å². The molecule has 2 unspecified atom stereocenters. The number of aryl methyl sites for hydroxylation is 1. The second-order valence-corrected chi connectivity index (χ2v) is 6.98. The summed E-state index contributed by atoms with van der Waals surface area (Å²) in [6, 6.07) is 15.7. The SMILES string of the molecule is Brc1ccc2c(c1)C1CCc3c([nH]c4ccccc34)C1N2. The molecule has 21 heavy (non-hydrogen) atoms. The zero-order valence-electron chi connectivity index (χ0n) is 11.5. The summed E-state index contributed by atoms with van der Waals surface area (Å²) in [7, 11) is 0. The van der Waals surface area contributed by atoms with Crippen LogP contribution in [0.4, 0.5) is 5.69 Å². The summed E-state index contributed by atoms with van der Waals surface area (Å²) in [6.45, 7) is 0. The van der Waals surface area contributed by atoms with Crippen molar-refractivity contribution in [3.05, 3.63) is 63.8 Å². The van der Waals surface area contributed by atoms with Gasteiger partial charge < -0.3 is 10.3 Å². The van der Waals surface area contributed by atoms with Crippen LogP contribution in [0.3, 0.4) is 0 Å². The lowest BCUT2D eigenvalue weighted by atomic mass is 9.81. The van der Waals surface area contributed by atoms with Crippen LogP contribution in [0.25, 0.3) is 10.9 Å². The number of hydrogen-bond donors (Lipinski definition) is 2. The molecule has 0 fully saturated rings. The van der Waals surface area contributed by atoms with Gasteiger partial charge in [-0.1, -0.05) is 34.1 Å². The van der Waals surface area contributed by atoms with Gasteiger partial charge in [-0.2, -0.15) is 0 Å². The first-order valence-electron chi connectivity index (χ1n) is 7.47. The first-order chi connectivity index (χ1) is 10.3. The molecule has 104 valence electrons. The summed E-state index contributed by atoms with van der Waals surface area (Å²) in [6.07, 6.45) is 2.38. The van der Waals surface area contributed by atoms with E-state index in [1.54, 1.807) is 0 Å². The molecule has 1 aliphatic heterocycles. The van der Waals surface area contributed by atoms with Crippen molar-refractivity contribution in [2.24, 2.45) is 0 Å². The molecular weight excluding hydrogens is 324 g/mol. The average Bonchev–Trinajstić information content (AvgIpc) is 3.05. The van der Waals surface area contributed by atoms with Crippen LogP contribution < -0.4 is 5.32 Å². The number of para-hydroxylation sites is 1. The van der Waals surface area contributed by atoms with E-state index in [1.807, 2.05) is 0 Å². The molecule has 2 heterocycles. The predicted octanol–water partition coefficient (Wildman–Crippen LogP) is 5.13. The van der Waals surface area contributed by atoms with E-state index in [4.69, 9.17) is 0 Å². The molecule has 3 heteroatoms. The van der Waals surface area contributed by atoms with Gasteiger partial charge in [-0.15, -0.1) is 0 Å². The average molecular weight is 339 g/mol. The van der Waals surface area contributed by atoms with Crippen molar-refractivity contribution in [1.29, 1.82) is 0 Å². The number of hydrogen-bond acceptors (Lipinski definition) is 1. The van der Waals surface area contributed by atoms with Crippen LogP contribution in [0, 0.1) is 0 Å². The van der Waals surface area contributed by atoms with Gasteiger partial charge in [0.05, 0.1) is 6.04 Å². The van der Waals surface area contributed by atoms with Gasteiger partial charge in [-0.3, -0.25) is 0 Å². The Labute approximate surface area is 131 Å². The highest BCUT2D eigenvalue weighted by Gasteiger charge is 2.38. The lowest BCUT2D eigenvalue weighted by molar-refractivity contribution is 0.530. The van der Waals surface area contributed by atoms with Crippen LogP contribution >= 0.6 is 15.9 Å². The number of anilines is 1. The van der Waals surface area contributed by atoms with Crippen molar-refractivity contribution in [3.63, 3.8) is 0 Å². The number of aromatic amines is 1. The third kappa shape index (κ3) is 1.58. The van der Waals surface area contributed by atoms with E-state index in [2.05, 4.69) is 68.7 Å². The lowest BCUT2D eigenvalue weighted by Gasteiger charge is -2.26. The molecule has 2 aromatic carbocycles. The van der Waals surface area contributed by atoms with Crippen LogP contribution in [0.2, 0.25) is 0 Å². The van der Waals surface area contributed by atoms with Gasteiger partial charge in [0.25, 0.3) is 0 Å². The van der Waals surface area contributed by atoms with Gasteiger partial charge in [0.15, 0.2) is 0 Å². The number of fused-ring (bicyclic) bond motifs is 7. The summed E-state index contributed by atoms with van der Waals surface area (Å²) >= 11 is 3.61. The predicted molar refractivity (Wildman–Crippen MR) is 89.9 cm³/mol. The molecule has 2 atom stereocenters. The Hall–Kier alpha value is -1.74. The topological polar surface area (TPSA) is 27.8 Å². The third-order valence-corrected chi connectivity index (χ3v) is 5.48. The van der Waals surface area contributed by atoms with Crippen LogP contribution in [0.1, 0.15) is 35.2 Å². The van der Waals surface area contributed by atoms with E-state index in [0.717, 1.165) is 6.42 Å².